The first kappa shape index (κ1) is 11.2. The van der Waals surface area contributed by atoms with Crippen molar-refractivity contribution in [2.45, 2.75) is 6.04 Å². The Labute approximate surface area is 86.9 Å². The van der Waals surface area contributed by atoms with Crippen LogP contribution < -0.4 is 11.1 Å². The molecule has 0 spiro atoms. The molecule has 15 heavy (non-hydrogen) atoms. The quantitative estimate of drug-likeness (QED) is 0.713. The van der Waals surface area contributed by atoms with Gasteiger partial charge in [0.1, 0.15) is 6.04 Å². The highest BCUT2D eigenvalue weighted by molar-refractivity contribution is 5.87. The number of hydrogen-bond acceptors (Lipinski definition) is 2. The minimum absolute atomic E-state index is 0.562. The SMILES string of the molecule is NC(=O)[C@H](NC(=O)C[O])c1ccccc1. The summed E-state index contributed by atoms with van der Waals surface area (Å²) in [5.74, 6) is -1.44. The third-order valence-corrected chi connectivity index (χ3v) is 1.85. The van der Waals surface area contributed by atoms with Crippen molar-refractivity contribution in [1.82, 2.24) is 5.32 Å². The van der Waals surface area contributed by atoms with Crippen molar-refractivity contribution in [1.29, 1.82) is 0 Å². The molecular weight excluding hydrogens is 196 g/mol. The molecule has 0 unspecified atom stereocenters. The van der Waals surface area contributed by atoms with Crippen LogP contribution in [-0.2, 0) is 14.7 Å². The third kappa shape index (κ3) is 3.07. The second kappa shape index (κ2) is 5.11. The predicted octanol–water partition coefficient (Wildman–Crippen LogP) is -0.240. The van der Waals surface area contributed by atoms with Crippen LogP contribution in [0.25, 0.3) is 0 Å². The topological polar surface area (TPSA) is 92.1 Å². The third-order valence-electron chi connectivity index (χ3n) is 1.85. The molecule has 5 heteroatoms. The highest BCUT2D eigenvalue weighted by atomic mass is 16.3. The molecular formula is C10H11N2O3. The van der Waals surface area contributed by atoms with E-state index in [2.05, 4.69) is 5.32 Å². The first-order chi connectivity index (χ1) is 7.15. The van der Waals surface area contributed by atoms with Crippen LogP contribution in [0.2, 0.25) is 0 Å². The van der Waals surface area contributed by atoms with Crippen LogP contribution in [0.5, 0.6) is 0 Å². The summed E-state index contributed by atoms with van der Waals surface area (Å²) < 4.78 is 0. The predicted molar refractivity (Wildman–Crippen MR) is 52.1 cm³/mol. The standard InChI is InChI=1S/C10H11N2O3/c11-10(15)9(12-8(14)6-13)7-4-2-1-3-5-7/h1-5,9H,6H2,(H2,11,15)(H,12,14)/t9-/m1/s1. The zero-order valence-electron chi connectivity index (χ0n) is 7.97. The van der Waals surface area contributed by atoms with E-state index in [4.69, 9.17) is 5.73 Å². The van der Waals surface area contributed by atoms with Gasteiger partial charge in [0.15, 0.2) is 6.61 Å². The summed E-state index contributed by atoms with van der Waals surface area (Å²) in [5.41, 5.74) is 5.68. The van der Waals surface area contributed by atoms with Crippen molar-refractivity contribution in [3.63, 3.8) is 0 Å². The average Bonchev–Trinajstić information content (AvgIpc) is 2.26. The Morgan fingerprint density at radius 2 is 1.87 bits per heavy atom. The number of nitrogens with one attached hydrogen (secondary N) is 1. The van der Waals surface area contributed by atoms with E-state index in [0.717, 1.165) is 0 Å². The zero-order valence-corrected chi connectivity index (χ0v) is 7.97. The molecule has 3 N–H and O–H groups in total. The summed E-state index contributed by atoms with van der Waals surface area (Å²) in [5, 5.41) is 12.5. The first-order valence-electron chi connectivity index (χ1n) is 4.37. The molecule has 1 aromatic rings. The fraction of sp³-hybridized carbons (Fsp3) is 0.200. The van der Waals surface area contributed by atoms with Gasteiger partial charge >= 0.3 is 0 Å². The van der Waals surface area contributed by atoms with Gasteiger partial charge in [0.05, 0.1) is 0 Å². The van der Waals surface area contributed by atoms with Gasteiger partial charge in [0.25, 0.3) is 0 Å². The van der Waals surface area contributed by atoms with E-state index in [1.807, 2.05) is 0 Å². The summed E-state index contributed by atoms with van der Waals surface area (Å²) >= 11 is 0. The smallest absolute Gasteiger partial charge is 0.250 e. The van der Waals surface area contributed by atoms with Gasteiger partial charge < -0.3 is 11.1 Å². The molecule has 1 radical (unpaired) electrons. The lowest BCUT2D eigenvalue weighted by molar-refractivity contribution is -0.130. The number of rotatable bonds is 4. The van der Waals surface area contributed by atoms with E-state index < -0.39 is 24.5 Å². The molecule has 2 amide bonds. The Bertz CT molecular complexity index is 351. The van der Waals surface area contributed by atoms with Crippen LogP contribution in [0.15, 0.2) is 30.3 Å². The van der Waals surface area contributed by atoms with E-state index in [9.17, 15) is 14.7 Å². The summed E-state index contributed by atoms with van der Waals surface area (Å²) in [6.45, 7) is -0.920. The van der Waals surface area contributed by atoms with Crippen molar-refractivity contribution >= 4 is 11.8 Å². The van der Waals surface area contributed by atoms with Crippen molar-refractivity contribution in [3.05, 3.63) is 35.9 Å². The Balaban J connectivity index is 2.84. The average molecular weight is 207 g/mol. The highest BCUT2D eigenvalue weighted by Gasteiger charge is 2.19. The van der Waals surface area contributed by atoms with E-state index >= 15 is 0 Å². The molecule has 0 bridgehead atoms. The number of nitrogens with two attached hydrogens (primary N) is 1. The van der Waals surface area contributed by atoms with E-state index in [-0.39, 0.29) is 0 Å². The number of hydrogen-bond donors (Lipinski definition) is 2. The van der Waals surface area contributed by atoms with Crippen molar-refractivity contribution in [2.24, 2.45) is 5.73 Å². The lowest BCUT2D eigenvalue weighted by Gasteiger charge is -2.14. The van der Waals surface area contributed by atoms with Gasteiger partial charge in [-0.15, -0.1) is 0 Å². The summed E-state index contributed by atoms with van der Waals surface area (Å²) in [7, 11) is 0. The Kier molecular flexibility index (Phi) is 3.82. The molecule has 0 aliphatic carbocycles. The maximum Gasteiger partial charge on any atom is 0.250 e. The zero-order chi connectivity index (χ0) is 11.3. The van der Waals surface area contributed by atoms with Gasteiger partial charge in [-0.25, -0.2) is 5.11 Å². The normalized spacial score (nSPS) is 11.8. The largest absolute Gasteiger partial charge is 0.368 e. The maximum absolute atomic E-state index is 11.1. The number of carbonyl (C=O) groups excluding carboxylic acids is 2. The van der Waals surface area contributed by atoms with Gasteiger partial charge in [-0.3, -0.25) is 9.59 Å². The van der Waals surface area contributed by atoms with Gasteiger partial charge in [-0.1, -0.05) is 30.3 Å². The Morgan fingerprint density at radius 3 is 2.33 bits per heavy atom. The molecule has 0 aliphatic heterocycles. The Hall–Kier alpha value is -1.88. The monoisotopic (exact) mass is 207 g/mol. The summed E-state index contributed by atoms with van der Waals surface area (Å²) in [4.78, 5) is 21.9. The Morgan fingerprint density at radius 1 is 1.27 bits per heavy atom. The maximum atomic E-state index is 11.1. The highest BCUT2D eigenvalue weighted by Crippen LogP contribution is 2.11. The number of benzene rings is 1. The lowest BCUT2D eigenvalue weighted by atomic mass is 10.1. The summed E-state index contributed by atoms with van der Waals surface area (Å²) in [6.07, 6.45) is 0. The van der Waals surface area contributed by atoms with Gasteiger partial charge in [-0.2, -0.15) is 0 Å². The first-order valence-corrected chi connectivity index (χ1v) is 4.37. The molecule has 0 saturated carbocycles. The summed E-state index contributed by atoms with van der Waals surface area (Å²) in [6, 6.07) is 7.58. The van der Waals surface area contributed by atoms with Crippen LogP contribution in [0.1, 0.15) is 11.6 Å². The lowest BCUT2D eigenvalue weighted by Crippen LogP contribution is -2.38. The van der Waals surface area contributed by atoms with Crippen molar-refractivity contribution in [3.8, 4) is 0 Å². The molecule has 79 valence electrons. The minimum atomic E-state index is -0.937. The van der Waals surface area contributed by atoms with Gasteiger partial charge in [0.2, 0.25) is 11.8 Å². The van der Waals surface area contributed by atoms with Crippen LogP contribution >= 0.6 is 0 Å². The second-order valence-electron chi connectivity index (χ2n) is 2.96. The van der Waals surface area contributed by atoms with Gasteiger partial charge in [-0.05, 0) is 5.56 Å². The van der Waals surface area contributed by atoms with Crippen molar-refractivity contribution in [2.75, 3.05) is 6.61 Å². The van der Waals surface area contributed by atoms with E-state index in [0.29, 0.717) is 5.56 Å². The fourth-order valence-corrected chi connectivity index (χ4v) is 1.17. The van der Waals surface area contributed by atoms with Gasteiger partial charge in [0, 0.05) is 0 Å². The molecule has 5 nitrogen and oxygen atoms in total. The molecule has 1 aromatic carbocycles. The van der Waals surface area contributed by atoms with E-state index in [1.165, 1.54) is 0 Å². The number of primary amides is 1. The van der Waals surface area contributed by atoms with Crippen LogP contribution in [0.4, 0.5) is 0 Å². The van der Waals surface area contributed by atoms with Crippen LogP contribution in [-0.4, -0.2) is 18.4 Å². The van der Waals surface area contributed by atoms with Crippen LogP contribution in [0, 0.1) is 0 Å². The molecule has 1 atom stereocenters. The molecule has 0 saturated heterocycles. The second-order valence-corrected chi connectivity index (χ2v) is 2.96. The molecule has 0 fully saturated rings. The minimum Gasteiger partial charge on any atom is -0.368 e. The fourth-order valence-electron chi connectivity index (χ4n) is 1.17. The molecule has 0 heterocycles. The number of carbonyl (C=O) groups is 2. The van der Waals surface area contributed by atoms with E-state index in [1.54, 1.807) is 30.3 Å². The van der Waals surface area contributed by atoms with Crippen molar-refractivity contribution < 1.29 is 14.7 Å². The molecule has 0 aromatic heterocycles. The molecule has 1 rings (SSSR count). The number of amides is 2. The van der Waals surface area contributed by atoms with Crippen LogP contribution in [0.3, 0.4) is 0 Å². The molecule has 0 aliphatic rings.